The predicted molar refractivity (Wildman–Crippen MR) is 119 cm³/mol. The van der Waals surface area contributed by atoms with Crippen molar-refractivity contribution in [3.63, 3.8) is 0 Å². The zero-order chi connectivity index (χ0) is 20.0. The van der Waals surface area contributed by atoms with Gasteiger partial charge in [-0.25, -0.2) is 0 Å². The van der Waals surface area contributed by atoms with Crippen molar-refractivity contribution in [1.82, 2.24) is 0 Å². The third-order valence-electron chi connectivity index (χ3n) is 4.93. The van der Waals surface area contributed by atoms with Crippen LogP contribution in [0, 0.1) is 13.8 Å². The van der Waals surface area contributed by atoms with Crippen molar-refractivity contribution in [3.05, 3.63) is 64.7 Å². The van der Waals surface area contributed by atoms with Crippen LogP contribution in [0.1, 0.15) is 61.8 Å². The minimum absolute atomic E-state index is 0.527. The first-order chi connectivity index (χ1) is 12.9. The van der Waals surface area contributed by atoms with Gasteiger partial charge in [0, 0.05) is 0 Å². The van der Waals surface area contributed by atoms with E-state index in [-0.39, 0.29) is 0 Å². The van der Waals surface area contributed by atoms with E-state index >= 15 is 0 Å². The van der Waals surface area contributed by atoms with Gasteiger partial charge in [-0.1, -0.05) is 74.1 Å². The summed E-state index contributed by atoms with van der Waals surface area (Å²) in [6.07, 6.45) is 3.71. The van der Waals surface area contributed by atoms with Gasteiger partial charge in [-0.2, -0.15) is 6.07 Å². The van der Waals surface area contributed by atoms with Crippen LogP contribution in [0.3, 0.4) is 0 Å². The third kappa shape index (κ3) is 5.99. The van der Waals surface area contributed by atoms with Crippen molar-refractivity contribution in [2.24, 2.45) is 0 Å². The van der Waals surface area contributed by atoms with Crippen molar-refractivity contribution >= 4 is 27.8 Å². The summed E-state index contributed by atoms with van der Waals surface area (Å²) in [6, 6.07) is 16.4. The molecule has 27 heavy (non-hydrogen) atoms. The summed E-state index contributed by atoms with van der Waals surface area (Å²) in [4.78, 5) is 0. The topological polar surface area (TPSA) is 0 Å². The molecule has 0 amide bonds. The van der Waals surface area contributed by atoms with Crippen LogP contribution in [-0.4, -0.2) is 0 Å². The van der Waals surface area contributed by atoms with Gasteiger partial charge < -0.3 is 0 Å². The Kier molecular flexibility index (Phi) is 9.20. The number of halogens is 2. The summed E-state index contributed by atoms with van der Waals surface area (Å²) in [6.45, 7) is 11.3. The standard InChI is InChI=1S/C24H29.2ClH.Zr/c1-6-7-8-19-14-20-9-10-22(16(2)3)24(23(20)15-19)21-12-17(4)11-18(5)13-21;;;/h9-16H,6-8H2,1-5H3;2*1H;/q-1;;;+2/p-2. The molecule has 144 valence electrons. The molecule has 3 aromatic rings. The summed E-state index contributed by atoms with van der Waals surface area (Å²) in [5, 5.41) is 2.82. The van der Waals surface area contributed by atoms with Crippen LogP contribution in [0.5, 0.6) is 0 Å². The van der Waals surface area contributed by atoms with E-state index in [2.05, 4.69) is 77.1 Å². The number of rotatable bonds is 5. The van der Waals surface area contributed by atoms with E-state index in [4.69, 9.17) is 17.0 Å². The summed E-state index contributed by atoms with van der Waals surface area (Å²) < 4.78 is 0. The molecule has 0 aliphatic carbocycles. The molecule has 0 bridgehead atoms. The van der Waals surface area contributed by atoms with Crippen LogP contribution < -0.4 is 0 Å². The molecule has 3 rings (SSSR count). The molecule has 0 saturated heterocycles. The fourth-order valence-electron chi connectivity index (χ4n) is 3.81. The molecule has 0 heterocycles. The van der Waals surface area contributed by atoms with Gasteiger partial charge in [-0.05, 0) is 31.7 Å². The van der Waals surface area contributed by atoms with Crippen molar-refractivity contribution in [3.8, 4) is 11.1 Å². The van der Waals surface area contributed by atoms with Gasteiger partial charge in [0.1, 0.15) is 0 Å². The fraction of sp³-hybridized carbons (Fsp3) is 0.375. The molecular weight excluding hydrogens is 450 g/mol. The van der Waals surface area contributed by atoms with Crippen LogP contribution in [0.15, 0.2) is 42.5 Å². The molecule has 0 aliphatic rings. The maximum absolute atomic E-state index is 4.93. The number of unbranched alkanes of at least 4 members (excludes halogenated alkanes) is 1. The van der Waals surface area contributed by atoms with Gasteiger partial charge in [0.05, 0.1) is 0 Å². The molecular formula is C24H29Cl2Zr-. The van der Waals surface area contributed by atoms with Crippen LogP contribution in [0.25, 0.3) is 21.9 Å². The van der Waals surface area contributed by atoms with E-state index in [9.17, 15) is 0 Å². The van der Waals surface area contributed by atoms with Gasteiger partial charge >= 0.3 is 37.9 Å². The fourth-order valence-corrected chi connectivity index (χ4v) is 3.81. The van der Waals surface area contributed by atoms with Gasteiger partial charge in [-0.3, -0.25) is 0 Å². The molecule has 0 nitrogen and oxygen atoms in total. The Labute approximate surface area is 183 Å². The molecule has 3 heteroatoms. The molecule has 0 saturated carbocycles. The second-order valence-corrected chi connectivity index (χ2v) is 11.3. The van der Waals surface area contributed by atoms with E-state index in [1.807, 2.05) is 0 Å². The van der Waals surface area contributed by atoms with E-state index in [1.165, 1.54) is 63.4 Å². The van der Waals surface area contributed by atoms with E-state index < -0.39 is 20.8 Å². The maximum atomic E-state index is 4.93. The first-order valence-electron chi connectivity index (χ1n) is 9.68. The third-order valence-corrected chi connectivity index (χ3v) is 4.93. The minimum atomic E-state index is -0.826. The normalized spacial score (nSPS) is 10.8. The molecule has 0 fully saturated rings. The predicted octanol–water partition coefficient (Wildman–Crippen LogP) is 8.69. The quantitative estimate of drug-likeness (QED) is 0.321. The molecule has 0 unspecified atom stereocenters. The summed E-state index contributed by atoms with van der Waals surface area (Å²) in [5.41, 5.74) is 8.44. The number of benzene rings is 2. The summed E-state index contributed by atoms with van der Waals surface area (Å²) >= 11 is -0.826. The number of hydrogen-bond acceptors (Lipinski definition) is 0. The molecule has 3 aromatic carbocycles. The molecule has 0 atom stereocenters. The Morgan fingerprint density at radius 2 is 1.63 bits per heavy atom. The van der Waals surface area contributed by atoms with Gasteiger partial charge in [-0.15, -0.1) is 34.5 Å². The molecule has 0 aromatic heterocycles. The van der Waals surface area contributed by atoms with Crippen molar-refractivity contribution < 1.29 is 20.8 Å². The van der Waals surface area contributed by atoms with E-state index in [0.717, 1.165) is 0 Å². The van der Waals surface area contributed by atoms with Crippen LogP contribution >= 0.6 is 17.0 Å². The Balaban J connectivity index is 0.000000817. The summed E-state index contributed by atoms with van der Waals surface area (Å²) in [5.74, 6) is 0.527. The van der Waals surface area contributed by atoms with Crippen LogP contribution in [-0.2, 0) is 27.3 Å². The van der Waals surface area contributed by atoms with Crippen LogP contribution in [0.4, 0.5) is 0 Å². The van der Waals surface area contributed by atoms with Crippen molar-refractivity contribution in [2.75, 3.05) is 0 Å². The zero-order valence-corrected chi connectivity index (χ0v) is 21.0. The first kappa shape index (κ1) is 22.8. The Hall–Kier alpha value is -0.487. The van der Waals surface area contributed by atoms with Crippen molar-refractivity contribution in [1.29, 1.82) is 0 Å². The average Bonchev–Trinajstić information content (AvgIpc) is 3.01. The second kappa shape index (κ2) is 10.9. The van der Waals surface area contributed by atoms with Crippen LogP contribution in [0.2, 0.25) is 0 Å². The van der Waals surface area contributed by atoms with Gasteiger partial charge in [0.25, 0.3) is 0 Å². The molecule has 0 spiro atoms. The second-order valence-electron chi connectivity index (χ2n) is 7.60. The van der Waals surface area contributed by atoms with Crippen molar-refractivity contribution in [2.45, 2.75) is 59.8 Å². The number of fused-ring (bicyclic) bond motifs is 1. The number of hydrogen-bond donors (Lipinski definition) is 0. The van der Waals surface area contributed by atoms with Gasteiger partial charge in [0.15, 0.2) is 0 Å². The molecule has 0 radical (unpaired) electrons. The Morgan fingerprint density at radius 3 is 2.19 bits per heavy atom. The first-order valence-corrected chi connectivity index (χ1v) is 16.0. The SMILES string of the molecule is CCCCc1cc2c(-c3cc(C)cc(C)c3)c(C(C)C)ccc2[cH-]1.[Cl][Zr][Cl]. The van der Waals surface area contributed by atoms with Gasteiger partial charge in [0.2, 0.25) is 0 Å². The molecule has 0 aliphatic heterocycles. The van der Waals surface area contributed by atoms with E-state index in [1.54, 1.807) is 0 Å². The monoisotopic (exact) mass is 477 g/mol. The molecule has 0 N–H and O–H groups in total. The average molecular weight is 480 g/mol. The number of aryl methyl sites for hydroxylation is 3. The van der Waals surface area contributed by atoms with E-state index in [0.29, 0.717) is 5.92 Å². The zero-order valence-electron chi connectivity index (χ0n) is 17.0. The summed E-state index contributed by atoms with van der Waals surface area (Å²) in [7, 11) is 9.87. The Bertz CT molecular complexity index is 857. The Morgan fingerprint density at radius 1 is 1.00 bits per heavy atom.